The highest BCUT2D eigenvalue weighted by molar-refractivity contribution is 5.83. The van der Waals surface area contributed by atoms with E-state index >= 15 is 0 Å². The number of anilines is 1. The van der Waals surface area contributed by atoms with E-state index in [1.54, 1.807) is 21.1 Å². The van der Waals surface area contributed by atoms with E-state index in [2.05, 4.69) is 15.3 Å². The molecule has 5 heteroatoms. The first kappa shape index (κ1) is 15.2. The molecule has 3 rings (SSSR count). The number of aromatic nitrogens is 2. The largest absolute Gasteiger partial charge is 0.497 e. The molecule has 1 atom stereocenters. The summed E-state index contributed by atoms with van der Waals surface area (Å²) in [6.45, 7) is 1.74. The summed E-state index contributed by atoms with van der Waals surface area (Å²) in [4.78, 5) is 8.94. The van der Waals surface area contributed by atoms with E-state index in [0.717, 1.165) is 22.2 Å². The maximum atomic E-state index is 11.2. The summed E-state index contributed by atoms with van der Waals surface area (Å²) in [5, 5.41) is 15.0. The smallest absolute Gasteiger partial charge is 0.223 e. The first-order chi connectivity index (χ1) is 11.1. The minimum absolute atomic E-state index is 0.479. The number of aliphatic hydroxyl groups is 1. The molecule has 0 saturated heterocycles. The summed E-state index contributed by atoms with van der Waals surface area (Å²) in [6, 6.07) is 15.0. The van der Waals surface area contributed by atoms with Crippen molar-refractivity contribution in [3.63, 3.8) is 0 Å². The third-order valence-corrected chi connectivity index (χ3v) is 3.94. The number of rotatable bonds is 4. The number of nitrogens with one attached hydrogen (secondary N) is 1. The molecule has 0 fully saturated rings. The van der Waals surface area contributed by atoms with E-state index in [-0.39, 0.29) is 0 Å². The first-order valence-electron chi connectivity index (χ1n) is 7.38. The molecule has 0 aliphatic carbocycles. The van der Waals surface area contributed by atoms with Crippen LogP contribution in [0.2, 0.25) is 0 Å². The fraction of sp³-hybridized carbons (Fsp3) is 0.222. The number of methoxy groups -OCH3 is 1. The lowest BCUT2D eigenvalue weighted by atomic mass is 9.90. The topological polar surface area (TPSA) is 67.3 Å². The normalized spacial score (nSPS) is 13.6. The maximum absolute atomic E-state index is 11.2. The summed E-state index contributed by atoms with van der Waals surface area (Å²) < 4.78 is 5.18. The van der Waals surface area contributed by atoms with Crippen LogP contribution in [0.3, 0.4) is 0 Å². The molecule has 2 N–H and O–H groups in total. The fourth-order valence-corrected chi connectivity index (χ4v) is 2.61. The van der Waals surface area contributed by atoms with Crippen LogP contribution < -0.4 is 10.1 Å². The van der Waals surface area contributed by atoms with Crippen LogP contribution in [-0.2, 0) is 5.60 Å². The Kier molecular flexibility index (Phi) is 3.88. The van der Waals surface area contributed by atoms with Gasteiger partial charge in [0.25, 0.3) is 0 Å². The number of para-hydroxylation sites is 1. The van der Waals surface area contributed by atoms with Crippen LogP contribution in [-0.4, -0.2) is 29.2 Å². The fourth-order valence-electron chi connectivity index (χ4n) is 2.61. The predicted molar refractivity (Wildman–Crippen MR) is 90.8 cm³/mol. The molecule has 1 heterocycles. The molecule has 0 aliphatic rings. The second kappa shape index (κ2) is 5.85. The molecule has 118 valence electrons. The van der Waals surface area contributed by atoms with Crippen molar-refractivity contribution in [2.45, 2.75) is 12.5 Å². The van der Waals surface area contributed by atoms with Gasteiger partial charge in [0.1, 0.15) is 11.4 Å². The van der Waals surface area contributed by atoms with Crippen molar-refractivity contribution < 1.29 is 9.84 Å². The molecular weight excluding hydrogens is 290 g/mol. The molecular formula is C18H19N3O2. The van der Waals surface area contributed by atoms with Gasteiger partial charge in [-0.25, -0.2) is 9.97 Å². The van der Waals surface area contributed by atoms with E-state index in [0.29, 0.717) is 11.6 Å². The Bertz CT molecular complexity index is 829. The van der Waals surface area contributed by atoms with Crippen LogP contribution in [0.15, 0.2) is 48.5 Å². The lowest BCUT2D eigenvalue weighted by molar-refractivity contribution is 0.0991. The molecule has 2 aromatic carbocycles. The second-order valence-corrected chi connectivity index (χ2v) is 5.46. The second-order valence-electron chi connectivity index (χ2n) is 5.46. The van der Waals surface area contributed by atoms with Crippen molar-refractivity contribution in [3.8, 4) is 5.75 Å². The van der Waals surface area contributed by atoms with E-state index in [1.807, 2.05) is 48.5 Å². The van der Waals surface area contributed by atoms with Crippen LogP contribution in [0, 0.1) is 0 Å². The van der Waals surface area contributed by atoms with E-state index in [9.17, 15) is 5.11 Å². The van der Waals surface area contributed by atoms with E-state index in [1.165, 1.54) is 0 Å². The summed E-state index contributed by atoms with van der Waals surface area (Å²) in [5.74, 6) is 1.22. The van der Waals surface area contributed by atoms with Gasteiger partial charge in [-0.2, -0.15) is 0 Å². The lowest BCUT2D eigenvalue weighted by Crippen LogP contribution is -2.25. The average molecular weight is 309 g/mol. The number of ether oxygens (including phenoxy) is 1. The minimum atomic E-state index is -1.25. The first-order valence-corrected chi connectivity index (χ1v) is 7.38. The Balaban J connectivity index is 2.19. The third-order valence-electron chi connectivity index (χ3n) is 3.94. The Hall–Kier alpha value is -2.66. The lowest BCUT2D eigenvalue weighted by Gasteiger charge is -2.25. The van der Waals surface area contributed by atoms with Crippen molar-refractivity contribution in [3.05, 3.63) is 59.8 Å². The van der Waals surface area contributed by atoms with E-state index in [4.69, 9.17) is 4.74 Å². The van der Waals surface area contributed by atoms with Crippen molar-refractivity contribution in [1.82, 2.24) is 9.97 Å². The van der Waals surface area contributed by atoms with E-state index < -0.39 is 5.60 Å². The van der Waals surface area contributed by atoms with Gasteiger partial charge < -0.3 is 15.2 Å². The van der Waals surface area contributed by atoms with Crippen LogP contribution >= 0.6 is 0 Å². The summed E-state index contributed by atoms with van der Waals surface area (Å²) in [7, 11) is 3.38. The quantitative estimate of drug-likeness (QED) is 0.775. The van der Waals surface area contributed by atoms with Crippen molar-refractivity contribution >= 4 is 16.9 Å². The van der Waals surface area contributed by atoms with Crippen LogP contribution in [0.25, 0.3) is 10.9 Å². The number of benzene rings is 2. The predicted octanol–water partition coefficient (Wildman–Crippen LogP) is 2.94. The number of hydrogen-bond donors (Lipinski definition) is 2. The van der Waals surface area contributed by atoms with Gasteiger partial charge in [-0.05, 0) is 30.7 Å². The SMILES string of the molecule is CNc1nc(C(C)(O)c2ccc(OC)cc2)c2ccccc2n1. The Morgan fingerprint density at radius 2 is 1.74 bits per heavy atom. The van der Waals surface area contributed by atoms with Gasteiger partial charge in [-0.15, -0.1) is 0 Å². The average Bonchev–Trinajstić information content (AvgIpc) is 2.60. The molecule has 5 nitrogen and oxygen atoms in total. The zero-order chi connectivity index (χ0) is 16.4. The molecule has 1 unspecified atom stereocenters. The Labute approximate surface area is 135 Å². The van der Waals surface area contributed by atoms with Gasteiger partial charge in [-0.3, -0.25) is 0 Å². The summed E-state index contributed by atoms with van der Waals surface area (Å²) >= 11 is 0. The monoisotopic (exact) mass is 309 g/mol. The molecule has 0 saturated carbocycles. The minimum Gasteiger partial charge on any atom is -0.497 e. The van der Waals surface area contributed by atoms with Gasteiger partial charge in [0.2, 0.25) is 5.95 Å². The standard InChI is InChI=1S/C18H19N3O2/c1-18(22,12-8-10-13(23-3)11-9-12)16-14-6-4-5-7-15(14)20-17(19-2)21-16/h4-11,22H,1-3H3,(H,19,20,21). The zero-order valence-electron chi connectivity index (χ0n) is 13.4. The zero-order valence-corrected chi connectivity index (χ0v) is 13.4. The number of fused-ring (bicyclic) bond motifs is 1. The van der Waals surface area contributed by atoms with Crippen LogP contribution in [0.1, 0.15) is 18.2 Å². The highest BCUT2D eigenvalue weighted by Crippen LogP contribution is 2.33. The van der Waals surface area contributed by atoms with Crippen molar-refractivity contribution in [2.75, 3.05) is 19.5 Å². The van der Waals surface area contributed by atoms with Crippen molar-refractivity contribution in [2.24, 2.45) is 0 Å². The molecule has 0 aliphatic heterocycles. The molecule has 3 aromatic rings. The molecule has 23 heavy (non-hydrogen) atoms. The van der Waals surface area contributed by atoms with Gasteiger partial charge >= 0.3 is 0 Å². The Morgan fingerprint density at radius 1 is 1.04 bits per heavy atom. The molecule has 0 spiro atoms. The Morgan fingerprint density at radius 3 is 2.39 bits per heavy atom. The highest BCUT2D eigenvalue weighted by atomic mass is 16.5. The summed E-state index contributed by atoms with van der Waals surface area (Å²) in [6.07, 6.45) is 0. The molecule has 0 bridgehead atoms. The molecule has 0 amide bonds. The summed E-state index contributed by atoms with van der Waals surface area (Å²) in [5.41, 5.74) is 0.845. The maximum Gasteiger partial charge on any atom is 0.223 e. The third kappa shape index (κ3) is 2.71. The van der Waals surface area contributed by atoms with Crippen LogP contribution in [0.5, 0.6) is 5.75 Å². The van der Waals surface area contributed by atoms with Gasteiger partial charge in [0.15, 0.2) is 0 Å². The van der Waals surface area contributed by atoms with Gasteiger partial charge in [0.05, 0.1) is 18.3 Å². The van der Waals surface area contributed by atoms with Crippen LogP contribution in [0.4, 0.5) is 5.95 Å². The molecule has 1 aromatic heterocycles. The highest BCUT2D eigenvalue weighted by Gasteiger charge is 2.30. The van der Waals surface area contributed by atoms with Gasteiger partial charge in [0, 0.05) is 12.4 Å². The van der Waals surface area contributed by atoms with Crippen molar-refractivity contribution in [1.29, 1.82) is 0 Å². The van der Waals surface area contributed by atoms with Gasteiger partial charge in [-0.1, -0.05) is 30.3 Å². The number of nitrogens with zero attached hydrogens (tertiary/aromatic N) is 2. The number of hydrogen-bond acceptors (Lipinski definition) is 5. The molecule has 0 radical (unpaired) electrons.